The fourth-order valence-electron chi connectivity index (χ4n) is 4.54. The second kappa shape index (κ2) is 12.1. The van der Waals surface area contributed by atoms with Gasteiger partial charge < -0.3 is 25.6 Å². The Balaban J connectivity index is 1.42. The van der Waals surface area contributed by atoms with Gasteiger partial charge in [0.15, 0.2) is 17.2 Å². The smallest absolute Gasteiger partial charge is 0.276 e. The SMILES string of the molecule is CN(C)CCOc1ccc(Nc2cc(NC3CCCCC3)nn3c(C(=O)Nc4ccncc4F)cnc23)cc1. The number of nitrogens with zero attached hydrogens (tertiary/aromatic N) is 5. The predicted octanol–water partition coefficient (Wildman–Crippen LogP) is 4.94. The molecule has 0 aliphatic heterocycles. The summed E-state index contributed by atoms with van der Waals surface area (Å²) in [6.07, 6.45) is 9.62. The van der Waals surface area contributed by atoms with Crippen molar-refractivity contribution in [3.05, 3.63) is 66.5 Å². The Bertz CT molecular complexity index is 1420. The molecule has 3 N–H and O–H groups in total. The van der Waals surface area contributed by atoms with Crippen LogP contribution in [0.5, 0.6) is 5.75 Å². The van der Waals surface area contributed by atoms with E-state index >= 15 is 0 Å². The number of hydrogen-bond acceptors (Lipinski definition) is 8. The topological polar surface area (TPSA) is 109 Å². The molecule has 1 aromatic carbocycles. The number of benzene rings is 1. The number of imidazole rings is 1. The minimum atomic E-state index is -0.621. The summed E-state index contributed by atoms with van der Waals surface area (Å²) >= 11 is 0. The molecule has 3 heterocycles. The van der Waals surface area contributed by atoms with E-state index in [0.29, 0.717) is 29.8 Å². The van der Waals surface area contributed by atoms with Gasteiger partial charge in [-0.2, -0.15) is 0 Å². The Kier molecular flexibility index (Phi) is 8.16. The highest BCUT2D eigenvalue weighted by molar-refractivity contribution is 6.03. The van der Waals surface area contributed by atoms with Crippen LogP contribution < -0.4 is 20.7 Å². The zero-order valence-electron chi connectivity index (χ0n) is 22.2. The van der Waals surface area contributed by atoms with Gasteiger partial charge in [0.2, 0.25) is 0 Å². The number of nitrogens with one attached hydrogen (secondary N) is 3. The third-order valence-corrected chi connectivity index (χ3v) is 6.62. The summed E-state index contributed by atoms with van der Waals surface area (Å²) in [5.74, 6) is 0.261. The summed E-state index contributed by atoms with van der Waals surface area (Å²) in [5.41, 5.74) is 2.20. The standard InChI is InChI=1S/C28H33FN8O2/c1-36(2)14-15-39-21-10-8-20(9-11-21)32-24-16-26(33-19-6-4-3-5-7-19)35-37-25(18-31-27(24)37)28(38)34-23-12-13-30-17-22(23)29/h8-13,16-19,32H,3-7,14-15H2,1-2H3,(H,33,35)(H,30,34,38). The van der Waals surface area contributed by atoms with Crippen LogP contribution in [0.1, 0.15) is 42.6 Å². The molecule has 10 nitrogen and oxygen atoms in total. The molecule has 0 radical (unpaired) electrons. The Morgan fingerprint density at radius 1 is 1.10 bits per heavy atom. The molecule has 39 heavy (non-hydrogen) atoms. The summed E-state index contributed by atoms with van der Waals surface area (Å²) in [7, 11) is 4.01. The predicted molar refractivity (Wildman–Crippen MR) is 149 cm³/mol. The molecule has 11 heteroatoms. The molecule has 1 amide bonds. The van der Waals surface area contributed by atoms with E-state index in [-0.39, 0.29) is 11.4 Å². The maximum atomic E-state index is 14.1. The lowest BCUT2D eigenvalue weighted by atomic mass is 9.95. The van der Waals surface area contributed by atoms with Crippen LogP contribution in [0.3, 0.4) is 0 Å². The zero-order chi connectivity index (χ0) is 27.2. The Labute approximate surface area is 226 Å². The second-order valence-corrected chi connectivity index (χ2v) is 9.91. The molecule has 3 aromatic heterocycles. The van der Waals surface area contributed by atoms with Crippen LogP contribution in [-0.4, -0.2) is 63.7 Å². The van der Waals surface area contributed by atoms with Gasteiger partial charge in [0, 0.05) is 30.5 Å². The minimum Gasteiger partial charge on any atom is -0.492 e. The number of likely N-dealkylation sites (N-methyl/N-ethyl adjacent to an activating group) is 1. The zero-order valence-corrected chi connectivity index (χ0v) is 22.2. The average Bonchev–Trinajstić information content (AvgIpc) is 3.36. The maximum absolute atomic E-state index is 14.1. The molecule has 0 atom stereocenters. The summed E-state index contributed by atoms with van der Waals surface area (Å²) < 4.78 is 21.4. The lowest BCUT2D eigenvalue weighted by Crippen LogP contribution is -2.24. The van der Waals surface area contributed by atoms with Crippen LogP contribution in [0.2, 0.25) is 0 Å². The van der Waals surface area contributed by atoms with Crippen molar-refractivity contribution in [2.24, 2.45) is 0 Å². The molecule has 1 aliphatic carbocycles. The fraction of sp³-hybridized carbons (Fsp3) is 0.357. The molecule has 1 saturated carbocycles. The molecule has 0 bridgehead atoms. The quantitative estimate of drug-likeness (QED) is 0.263. The van der Waals surface area contributed by atoms with Gasteiger partial charge in [0.1, 0.15) is 18.2 Å². The first-order chi connectivity index (χ1) is 19.0. The van der Waals surface area contributed by atoms with Gasteiger partial charge in [-0.1, -0.05) is 19.3 Å². The van der Waals surface area contributed by atoms with Crippen molar-refractivity contribution in [2.45, 2.75) is 38.1 Å². The largest absolute Gasteiger partial charge is 0.492 e. The number of anilines is 4. The summed E-state index contributed by atoms with van der Waals surface area (Å²) in [6, 6.07) is 11.3. The van der Waals surface area contributed by atoms with Crippen molar-refractivity contribution >= 4 is 34.4 Å². The maximum Gasteiger partial charge on any atom is 0.276 e. The van der Waals surface area contributed by atoms with Crippen LogP contribution in [-0.2, 0) is 0 Å². The van der Waals surface area contributed by atoms with Crippen LogP contribution in [0.4, 0.5) is 27.3 Å². The Morgan fingerprint density at radius 2 is 1.90 bits per heavy atom. The molecule has 0 saturated heterocycles. The number of ether oxygens (including phenoxy) is 1. The van der Waals surface area contributed by atoms with Gasteiger partial charge in [0.25, 0.3) is 5.91 Å². The van der Waals surface area contributed by atoms with Crippen molar-refractivity contribution in [1.29, 1.82) is 0 Å². The third-order valence-electron chi connectivity index (χ3n) is 6.62. The number of carbonyl (C=O) groups is 1. The fourth-order valence-corrected chi connectivity index (χ4v) is 4.54. The van der Waals surface area contributed by atoms with Gasteiger partial charge in [-0.15, -0.1) is 5.10 Å². The molecule has 0 spiro atoms. The van der Waals surface area contributed by atoms with E-state index in [1.54, 1.807) is 0 Å². The lowest BCUT2D eigenvalue weighted by molar-refractivity contribution is 0.102. The highest BCUT2D eigenvalue weighted by atomic mass is 19.1. The van der Waals surface area contributed by atoms with E-state index in [4.69, 9.17) is 9.84 Å². The number of hydrogen-bond donors (Lipinski definition) is 3. The van der Waals surface area contributed by atoms with Crippen LogP contribution in [0.25, 0.3) is 5.65 Å². The van der Waals surface area contributed by atoms with E-state index in [9.17, 15) is 9.18 Å². The van der Waals surface area contributed by atoms with E-state index in [0.717, 1.165) is 37.0 Å². The monoisotopic (exact) mass is 532 g/mol. The number of carbonyl (C=O) groups excluding carboxylic acids is 1. The first kappa shape index (κ1) is 26.4. The highest BCUT2D eigenvalue weighted by Crippen LogP contribution is 2.28. The number of aromatic nitrogens is 4. The normalized spacial score (nSPS) is 13.9. The molecular formula is C28H33FN8O2. The van der Waals surface area contributed by atoms with E-state index in [1.807, 2.05) is 44.4 Å². The van der Waals surface area contributed by atoms with Crippen molar-refractivity contribution in [3.8, 4) is 5.75 Å². The van der Waals surface area contributed by atoms with Gasteiger partial charge in [-0.05, 0) is 57.3 Å². The average molecular weight is 533 g/mol. The minimum absolute atomic E-state index is 0.0349. The number of rotatable bonds is 10. The van der Waals surface area contributed by atoms with Gasteiger partial charge in [-0.3, -0.25) is 9.78 Å². The van der Waals surface area contributed by atoms with Crippen LogP contribution in [0.15, 0.2) is 55.0 Å². The van der Waals surface area contributed by atoms with E-state index < -0.39 is 11.7 Å². The Hall–Kier alpha value is -4.25. The molecule has 5 rings (SSSR count). The molecule has 1 aliphatic rings. The third kappa shape index (κ3) is 6.61. The van der Waals surface area contributed by atoms with Crippen molar-refractivity contribution in [3.63, 3.8) is 0 Å². The highest BCUT2D eigenvalue weighted by Gasteiger charge is 2.20. The van der Waals surface area contributed by atoms with Crippen molar-refractivity contribution in [1.82, 2.24) is 24.5 Å². The van der Waals surface area contributed by atoms with E-state index in [2.05, 4.69) is 30.8 Å². The van der Waals surface area contributed by atoms with Gasteiger partial charge in [-0.25, -0.2) is 13.9 Å². The number of halogens is 1. The molecule has 1 fully saturated rings. The molecule has 0 unspecified atom stereocenters. The number of amides is 1. The van der Waals surface area contributed by atoms with E-state index in [1.165, 1.54) is 42.2 Å². The summed E-state index contributed by atoms with van der Waals surface area (Å²) in [4.78, 5) is 23.4. The van der Waals surface area contributed by atoms with Crippen LogP contribution in [0, 0.1) is 5.82 Å². The Morgan fingerprint density at radius 3 is 2.64 bits per heavy atom. The summed E-state index contributed by atoms with van der Waals surface area (Å²) in [5, 5.41) is 14.2. The molecule has 4 aromatic rings. The van der Waals surface area contributed by atoms with Crippen LogP contribution >= 0.6 is 0 Å². The molecule has 204 valence electrons. The first-order valence-corrected chi connectivity index (χ1v) is 13.2. The van der Waals surface area contributed by atoms with Gasteiger partial charge >= 0.3 is 0 Å². The van der Waals surface area contributed by atoms with Crippen molar-refractivity contribution < 1.29 is 13.9 Å². The first-order valence-electron chi connectivity index (χ1n) is 13.2. The van der Waals surface area contributed by atoms with Crippen molar-refractivity contribution in [2.75, 3.05) is 43.2 Å². The second-order valence-electron chi connectivity index (χ2n) is 9.91. The number of pyridine rings is 1. The van der Waals surface area contributed by atoms with Gasteiger partial charge in [0.05, 0.1) is 23.8 Å². The summed E-state index contributed by atoms with van der Waals surface area (Å²) in [6.45, 7) is 1.43. The molecular weight excluding hydrogens is 499 g/mol. The lowest BCUT2D eigenvalue weighted by Gasteiger charge is -2.23. The number of fused-ring (bicyclic) bond motifs is 1.